The molecule has 0 bridgehead atoms. The fourth-order valence-electron chi connectivity index (χ4n) is 0.785. The predicted octanol–water partition coefficient (Wildman–Crippen LogP) is 0.456. The normalized spacial score (nSPS) is 24.3. The van der Waals surface area contributed by atoms with Crippen molar-refractivity contribution < 1.29 is 4.74 Å². The number of rotatable bonds is 0. The fraction of sp³-hybridized carbons (Fsp3) is 0.286. The Hall–Kier alpha value is -1.99. The molecule has 4 nitrogen and oxygen atoms in total. The molecule has 0 N–H and O–H groups in total. The second-order valence-electron chi connectivity index (χ2n) is 2.01. The van der Waals surface area contributed by atoms with Crippen molar-refractivity contribution in [2.45, 2.75) is 5.60 Å². The lowest BCUT2D eigenvalue weighted by Gasteiger charge is -2.13. The third-order valence-corrected chi connectivity index (χ3v) is 1.43. The number of ether oxygens (including phenoxy) is 1. The van der Waals surface area contributed by atoms with Gasteiger partial charge in [-0.2, -0.15) is 15.8 Å². The van der Waals surface area contributed by atoms with Crippen LogP contribution in [0.2, 0.25) is 0 Å². The molecule has 1 rings (SSSR count). The Balaban J connectivity index is 3.02. The van der Waals surface area contributed by atoms with Gasteiger partial charge in [0, 0.05) is 0 Å². The van der Waals surface area contributed by atoms with E-state index >= 15 is 0 Å². The zero-order valence-corrected chi connectivity index (χ0v) is 5.48. The summed E-state index contributed by atoms with van der Waals surface area (Å²) in [6.45, 7) is 0. The van der Waals surface area contributed by atoms with E-state index in [0.29, 0.717) is 0 Å². The summed E-state index contributed by atoms with van der Waals surface area (Å²) in [5.41, 5.74) is -1.62. The van der Waals surface area contributed by atoms with E-state index in [9.17, 15) is 0 Å². The third kappa shape index (κ3) is 0.801. The lowest BCUT2D eigenvalue weighted by Crippen LogP contribution is -2.30. The van der Waals surface area contributed by atoms with Crippen LogP contribution in [0.15, 0.2) is 12.3 Å². The Bertz CT molecular complexity index is 298. The van der Waals surface area contributed by atoms with Gasteiger partial charge >= 0.3 is 0 Å². The molecular formula is C7H3N3O. The van der Waals surface area contributed by atoms with Crippen LogP contribution in [0.3, 0.4) is 0 Å². The maximum absolute atomic E-state index is 8.53. The van der Waals surface area contributed by atoms with Gasteiger partial charge in [-0.1, -0.05) is 0 Å². The van der Waals surface area contributed by atoms with Gasteiger partial charge in [-0.15, -0.1) is 0 Å². The Kier molecular flexibility index (Phi) is 1.51. The largest absolute Gasteiger partial charge is 0.465 e. The van der Waals surface area contributed by atoms with Gasteiger partial charge in [0.1, 0.15) is 18.1 Å². The monoisotopic (exact) mass is 145 g/mol. The van der Waals surface area contributed by atoms with Crippen molar-refractivity contribution >= 4 is 0 Å². The molecule has 0 aromatic heterocycles. The molecule has 1 heterocycles. The van der Waals surface area contributed by atoms with E-state index in [-0.39, 0.29) is 0 Å². The summed E-state index contributed by atoms with van der Waals surface area (Å²) in [5.74, 6) is -0.780. The van der Waals surface area contributed by atoms with Crippen LogP contribution < -0.4 is 0 Å². The first-order valence-electron chi connectivity index (χ1n) is 2.85. The summed E-state index contributed by atoms with van der Waals surface area (Å²) in [4.78, 5) is 0. The molecule has 1 aliphatic heterocycles. The van der Waals surface area contributed by atoms with Crippen molar-refractivity contribution in [1.29, 1.82) is 15.8 Å². The van der Waals surface area contributed by atoms with Crippen LogP contribution in [0.1, 0.15) is 0 Å². The molecule has 0 amide bonds. The van der Waals surface area contributed by atoms with Crippen molar-refractivity contribution in [3.05, 3.63) is 12.3 Å². The molecule has 0 aliphatic carbocycles. The highest BCUT2D eigenvalue weighted by Crippen LogP contribution is 2.27. The van der Waals surface area contributed by atoms with Crippen LogP contribution in [0, 0.1) is 39.9 Å². The summed E-state index contributed by atoms with van der Waals surface area (Å²) < 4.78 is 4.72. The molecule has 11 heavy (non-hydrogen) atoms. The van der Waals surface area contributed by atoms with Gasteiger partial charge in [-0.25, -0.2) is 0 Å². The third-order valence-electron chi connectivity index (χ3n) is 1.43. The van der Waals surface area contributed by atoms with Crippen molar-refractivity contribution in [3.8, 4) is 18.2 Å². The summed E-state index contributed by atoms with van der Waals surface area (Å²) in [5, 5.41) is 25.5. The minimum absolute atomic E-state index is 0.780. The quantitative estimate of drug-likeness (QED) is 0.495. The van der Waals surface area contributed by atoms with E-state index in [1.165, 1.54) is 12.3 Å². The van der Waals surface area contributed by atoms with E-state index in [0.717, 1.165) is 0 Å². The fourth-order valence-corrected chi connectivity index (χ4v) is 0.785. The SMILES string of the molecule is N#CC1C=COC1(C#N)C#N. The highest BCUT2D eigenvalue weighted by Gasteiger charge is 2.43. The molecular weight excluding hydrogens is 142 g/mol. The maximum atomic E-state index is 8.53. The van der Waals surface area contributed by atoms with Gasteiger partial charge in [-0.3, -0.25) is 0 Å². The summed E-state index contributed by atoms with van der Waals surface area (Å²) in [6, 6.07) is 5.12. The predicted molar refractivity (Wildman–Crippen MR) is 33.3 cm³/mol. The van der Waals surface area contributed by atoms with Crippen LogP contribution in [-0.4, -0.2) is 5.60 Å². The highest BCUT2D eigenvalue weighted by atomic mass is 16.5. The van der Waals surface area contributed by atoms with Crippen molar-refractivity contribution in [1.82, 2.24) is 0 Å². The Morgan fingerprint density at radius 1 is 1.27 bits per heavy atom. The Labute approximate surface area is 63.5 Å². The first kappa shape index (κ1) is 7.12. The molecule has 4 heteroatoms. The lowest BCUT2D eigenvalue weighted by atomic mass is 9.93. The van der Waals surface area contributed by atoms with Crippen LogP contribution in [0.25, 0.3) is 0 Å². The van der Waals surface area contributed by atoms with Gasteiger partial charge in [0.25, 0.3) is 5.60 Å². The molecule has 1 aliphatic rings. The second kappa shape index (κ2) is 2.33. The topological polar surface area (TPSA) is 80.6 Å². The molecule has 0 spiro atoms. The minimum atomic E-state index is -1.62. The maximum Gasteiger partial charge on any atom is 0.298 e. The molecule has 1 atom stereocenters. The van der Waals surface area contributed by atoms with Gasteiger partial charge < -0.3 is 4.74 Å². The zero-order valence-electron chi connectivity index (χ0n) is 5.48. The standard InChI is InChI=1S/C7H3N3O/c8-3-6-1-2-11-7(6,4-9)5-10/h1-2,6H. The Morgan fingerprint density at radius 3 is 2.27 bits per heavy atom. The number of nitriles is 3. The number of hydrogen-bond donors (Lipinski definition) is 0. The van der Waals surface area contributed by atoms with Gasteiger partial charge in [0.2, 0.25) is 0 Å². The molecule has 0 saturated heterocycles. The van der Waals surface area contributed by atoms with Crippen molar-refractivity contribution in [3.63, 3.8) is 0 Å². The van der Waals surface area contributed by atoms with Crippen molar-refractivity contribution in [2.75, 3.05) is 0 Å². The second-order valence-corrected chi connectivity index (χ2v) is 2.01. The van der Waals surface area contributed by atoms with E-state index in [1.54, 1.807) is 18.2 Å². The molecule has 0 aromatic rings. The van der Waals surface area contributed by atoms with Crippen LogP contribution in [0.5, 0.6) is 0 Å². The van der Waals surface area contributed by atoms with Gasteiger partial charge in [0.05, 0.1) is 12.3 Å². The first-order chi connectivity index (χ1) is 5.29. The summed E-state index contributed by atoms with van der Waals surface area (Å²) >= 11 is 0. The van der Waals surface area contributed by atoms with Crippen LogP contribution >= 0.6 is 0 Å². The molecule has 0 saturated carbocycles. The van der Waals surface area contributed by atoms with E-state index in [1.807, 2.05) is 0 Å². The lowest BCUT2D eigenvalue weighted by molar-refractivity contribution is 0.135. The molecule has 0 radical (unpaired) electrons. The van der Waals surface area contributed by atoms with Crippen LogP contribution in [-0.2, 0) is 4.74 Å². The van der Waals surface area contributed by atoms with E-state index in [4.69, 9.17) is 20.5 Å². The Morgan fingerprint density at radius 2 is 1.91 bits per heavy atom. The zero-order chi connectivity index (χ0) is 8.32. The minimum Gasteiger partial charge on any atom is -0.465 e. The van der Waals surface area contributed by atoms with Gasteiger partial charge in [-0.05, 0) is 6.08 Å². The van der Waals surface area contributed by atoms with Crippen molar-refractivity contribution in [2.24, 2.45) is 5.92 Å². The average Bonchev–Trinajstić information content (AvgIpc) is 2.47. The smallest absolute Gasteiger partial charge is 0.298 e. The first-order valence-corrected chi connectivity index (χ1v) is 2.85. The van der Waals surface area contributed by atoms with Gasteiger partial charge in [0.15, 0.2) is 0 Å². The molecule has 0 aromatic carbocycles. The average molecular weight is 145 g/mol. The number of hydrogen-bond acceptors (Lipinski definition) is 4. The van der Waals surface area contributed by atoms with Crippen LogP contribution in [0.4, 0.5) is 0 Å². The summed E-state index contributed by atoms with van der Waals surface area (Å²) in [6.07, 6.45) is 2.60. The number of nitrogens with zero attached hydrogens (tertiary/aromatic N) is 3. The molecule has 52 valence electrons. The molecule has 0 fully saturated rings. The molecule has 1 unspecified atom stereocenters. The highest BCUT2D eigenvalue weighted by molar-refractivity contribution is 5.32. The summed E-state index contributed by atoms with van der Waals surface area (Å²) in [7, 11) is 0. The van der Waals surface area contributed by atoms with E-state index in [2.05, 4.69) is 0 Å². The van der Waals surface area contributed by atoms with E-state index < -0.39 is 11.5 Å².